The van der Waals surface area contributed by atoms with Crippen LogP contribution in [0.1, 0.15) is 11.9 Å². The molecule has 0 saturated carbocycles. The van der Waals surface area contributed by atoms with E-state index in [1.54, 1.807) is 25.1 Å². The molecule has 5 nitrogen and oxygen atoms in total. The molecule has 0 unspecified atom stereocenters. The molecule has 1 heterocycles. The lowest BCUT2D eigenvalue weighted by Gasteiger charge is -2.14. The van der Waals surface area contributed by atoms with E-state index in [4.69, 9.17) is 23.2 Å². The first-order valence-corrected chi connectivity index (χ1v) is 7.35. The number of hydrogen-bond donors (Lipinski definition) is 2. The lowest BCUT2D eigenvalue weighted by atomic mass is 10.2. The maximum absolute atomic E-state index is 12.0. The number of amides is 1. The summed E-state index contributed by atoms with van der Waals surface area (Å²) in [5.74, 6) is -0.211. The van der Waals surface area contributed by atoms with Gasteiger partial charge >= 0.3 is 0 Å². The summed E-state index contributed by atoms with van der Waals surface area (Å²) in [6.07, 6.45) is 0. The van der Waals surface area contributed by atoms with Crippen LogP contribution in [0.2, 0.25) is 10.0 Å². The highest BCUT2D eigenvalue weighted by Crippen LogP contribution is 2.23. The van der Waals surface area contributed by atoms with Crippen LogP contribution in [0.3, 0.4) is 0 Å². The molecule has 0 saturated heterocycles. The molecule has 0 aliphatic heterocycles. The van der Waals surface area contributed by atoms with Gasteiger partial charge in [0.05, 0.1) is 0 Å². The number of halogens is 2. The molecule has 106 valence electrons. The number of carbonyl (C=O) groups is 1. The van der Waals surface area contributed by atoms with Crippen LogP contribution in [0.5, 0.6) is 0 Å². The van der Waals surface area contributed by atoms with Crippen molar-refractivity contribution in [1.82, 2.24) is 10.2 Å². The van der Waals surface area contributed by atoms with Gasteiger partial charge in [0, 0.05) is 15.7 Å². The van der Waals surface area contributed by atoms with E-state index in [0.717, 1.165) is 5.01 Å². The summed E-state index contributed by atoms with van der Waals surface area (Å²) in [5.41, 5.74) is 0.679. The molecule has 1 aromatic carbocycles. The standard InChI is InChI=1S/C12H12Cl2N4OS/c1-6(11(19)16-12-18-17-7(2)20-12)15-10-4-8(13)3-9(14)5-10/h3-6,15H,1-2H3,(H,16,18,19)/t6-/m1/s1. The predicted octanol–water partition coefficient (Wildman–Crippen LogP) is 3.59. The smallest absolute Gasteiger partial charge is 0.248 e. The second-order valence-electron chi connectivity index (χ2n) is 4.14. The minimum Gasteiger partial charge on any atom is -0.374 e. The van der Waals surface area contributed by atoms with Gasteiger partial charge in [-0.25, -0.2) is 0 Å². The van der Waals surface area contributed by atoms with E-state index >= 15 is 0 Å². The van der Waals surface area contributed by atoms with Crippen LogP contribution in [-0.2, 0) is 4.79 Å². The third-order valence-electron chi connectivity index (χ3n) is 2.40. The first-order valence-electron chi connectivity index (χ1n) is 5.77. The van der Waals surface area contributed by atoms with Crippen LogP contribution >= 0.6 is 34.5 Å². The van der Waals surface area contributed by atoms with Crippen molar-refractivity contribution in [2.45, 2.75) is 19.9 Å². The third kappa shape index (κ3) is 4.06. The average molecular weight is 331 g/mol. The zero-order valence-corrected chi connectivity index (χ0v) is 13.1. The van der Waals surface area contributed by atoms with E-state index in [-0.39, 0.29) is 5.91 Å². The van der Waals surface area contributed by atoms with Crippen molar-refractivity contribution in [3.05, 3.63) is 33.3 Å². The van der Waals surface area contributed by atoms with Crippen LogP contribution in [0.4, 0.5) is 10.8 Å². The fourth-order valence-corrected chi connectivity index (χ4v) is 2.63. The first-order chi connectivity index (χ1) is 9.44. The summed E-state index contributed by atoms with van der Waals surface area (Å²) in [6.45, 7) is 3.56. The lowest BCUT2D eigenvalue weighted by Crippen LogP contribution is -2.31. The van der Waals surface area contributed by atoms with E-state index in [9.17, 15) is 4.79 Å². The topological polar surface area (TPSA) is 66.9 Å². The molecule has 20 heavy (non-hydrogen) atoms. The largest absolute Gasteiger partial charge is 0.374 e. The molecule has 0 fully saturated rings. The van der Waals surface area contributed by atoms with E-state index in [2.05, 4.69) is 20.8 Å². The molecule has 8 heteroatoms. The fraction of sp³-hybridized carbons (Fsp3) is 0.250. The normalized spacial score (nSPS) is 12.0. The Morgan fingerprint density at radius 3 is 2.45 bits per heavy atom. The van der Waals surface area contributed by atoms with Crippen molar-refractivity contribution < 1.29 is 4.79 Å². The lowest BCUT2D eigenvalue weighted by molar-refractivity contribution is -0.116. The quantitative estimate of drug-likeness (QED) is 0.898. The molecule has 0 aliphatic rings. The van der Waals surface area contributed by atoms with Gasteiger partial charge < -0.3 is 5.32 Å². The summed E-state index contributed by atoms with van der Waals surface area (Å²) in [5, 5.41) is 15.7. The summed E-state index contributed by atoms with van der Waals surface area (Å²) in [6, 6.07) is 4.57. The van der Waals surface area contributed by atoms with Gasteiger partial charge in [0.2, 0.25) is 11.0 Å². The van der Waals surface area contributed by atoms with Gasteiger partial charge in [-0.1, -0.05) is 34.5 Å². The molecule has 1 atom stereocenters. The zero-order chi connectivity index (χ0) is 14.7. The Kier molecular flexibility index (Phi) is 4.80. The first kappa shape index (κ1) is 15.0. The van der Waals surface area contributed by atoms with Crippen molar-refractivity contribution in [2.75, 3.05) is 10.6 Å². The highest BCUT2D eigenvalue weighted by Gasteiger charge is 2.15. The van der Waals surface area contributed by atoms with Gasteiger partial charge in [0.15, 0.2) is 0 Å². The van der Waals surface area contributed by atoms with Crippen LogP contribution in [-0.4, -0.2) is 22.1 Å². The number of carbonyl (C=O) groups excluding carboxylic acids is 1. The zero-order valence-electron chi connectivity index (χ0n) is 10.8. The second-order valence-corrected chi connectivity index (χ2v) is 6.19. The SMILES string of the molecule is Cc1nnc(NC(=O)[C@@H](C)Nc2cc(Cl)cc(Cl)c2)s1. The van der Waals surface area contributed by atoms with Crippen molar-refractivity contribution in [3.8, 4) is 0 Å². The maximum atomic E-state index is 12.0. The number of nitrogens with zero attached hydrogens (tertiary/aromatic N) is 2. The van der Waals surface area contributed by atoms with Crippen LogP contribution in [0, 0.1) is 6.92 Å². The van der Waals surface area contributed by atoms with Gasteiger partial charge in [-0.05, 0) is 32.0 Å². The van der Waals surface area contributed by atoms with Crippen molar-refractivity contribution in [3.63, 3.8) is 0 Å². The van der Waals surface area contributed by atoms with E-state index < -0.39 is 6.04 Å². The molecule has 2 rings (SSSR count). The molecule has 1 aromatic heterocycles. The third-order valence-corrected chi connectivity index (χ3v) is 3.59. The molecule has 0 spiro atoms. The van der Waals surface area contributed by atoms with Crippen molar-refractivity contribution >= 4 is 51.3 Å². The minimum atomic E-state index is -0.464. The molecule has 2 N–H and O–H groups in total. The van der Waals surface area contributed by atoms with Crippen molar-refractivity contribution in [2.24, 2.45) is 0 Å². The molecular weight excluding hydrogens is 319 g/mol. The fourth-order valence-electron chi connectivity index (χ4n) is 1.51. The predicted molar refractivity (Wildman–Crippen MR) is 82.8 cm³/mol. The van der Waals surface area contributed by atoms with Crippen LogP contribution < -0.4 is 10.6 Å². The number of nitrogens with one attached hydrogen (secondary N) is 2. The summed E-state index contributed by atoms with van der Waals surface area (Å²) in [7, 11) is 0. The van der Waals surface area contributed by atoms with E-state index in [0.29, 0.717) is 20.9 Å². The van der Waals surface area contributed by atoms with E-state index in [1.165, 1.54) is 11.3 Å². The van der Waals surface area contributed by atoms with Gasteiger partial charge in [-0.3, -0.25) is 10.1 Å². The molecule has 2 aromatic rings. The molecule has 0 bridgehead atoms. The number of benzene rings is 1. The molecule has 0 aliphatic carbocycles. The van der Waals surface area contributed by atoms with Gasteiger partial charge in [-0.2, -0.15) is 0 Å². The number of hydrogen-bond acceptors (Lipinski definition) is 5. The monoisotopic (exact) mass is 330 g/mol. The molecule has 1 amide bonds. The summed E-state index contributed by atoms with van der Waals surface area (Å²) >= 11 is 13.1. The second kappa shape index (κ2) is 6.39. The van der Waals surface area contributed by atoms with Gasteiger partial charge in [0.25, 0.3) is 0 Å². The van der Waals surface area contributed by atoms with E-state index in [1.807, 2.05) is 6.92 Å². The summed E-state index contributed by atoms with van der Waals surface area (Å²) in [4.78, 5) is 12.0. The Balaban J connectivity index is 2.00. The van der Waals surface area contributed by atoms with Gasteiger partial charge in [0.1, 0.15) is 11.0 Å². The van der Waals surface area contributed by atoms with Crippen LogP contribution in [0.15, 0.2) is 18.2 Å². The number of aryl methyl sites for hydroxylation is 1. The van der Waals surface area contributed by atoms with Crippen molar-refractivity contribution in [1.29, 1.82) is 0 Å². The molecule has 0 radical (unpaired) electrons. The Morgan fingerprint density at radius 2 is 1.90 bits per heavy atom. The highest BCUT2D eigenvalue weighted by atomic mass is 35.5. The Labute approximate surface area is 130 Å². The summed E-state index contributed by atoms with van der Waals surface area (Å²) < 4.78 is 0. The highest BCUT2D eigenvalue weighted by molar-refractivity contribution is 7.15. The number of anilines is 2. The average Bonchev–Trinajstić information content (AvgIpc) is 2.73. The number of rotatable bonds is 4. The number of aromatic nitrogens is 2. The Hall–Kier alpha value is -1.37. The van der Waals surface area contributed by atoms with Gasteiger partial charge in [-0.15, -0.1) is 10.2 Å². The van der Waals surface area contributed by atoms with Crippen LogP contribution in [0.25, 0.3) is 0 Å². The Bertz CT molecular complexity index is 611. The Morgan fingerprint density at radius 1 is 1.25 bits per heavy atom. The maximum Gasteiger partial charge on any atom is 0.248 e. The molecular formula is C12H12Cl2N4OS. The minimum absolute atomic E-state index is 0.211.